The number of fused-ring (bicyclic) bond motifs is 1. The van der Waals surface area contributed by atoms with Gasteiger partial charge in [0.05, 0.1) is 40.7 Å². The van der Waals surface area contributed by atoms with E-state index >= 15 is 0 Å². The molecule has 7 nitrogen and oxygen atoms in total. The molecule has 1 aliphatic carbocycles. The van der Waals surface area contributed by atoms with E-state index in [1.807, 2.05) is 13.0 Å². The van der Waals surface area contributed by atoms with Crippen molar-refractivity contribution in [2.75, 3.05) is 18.1 Å². The number of sulfone groups is 1. The van der Waals surface area contributed by atoms with E-state index < -0.39 is 9.84 Å². The molecule has 1 saturated heterocycles. The SMILES string of the molecule is C#CCNC(=O)c1cc(C2CC2)nc2c1c(C)nn2C1CCS(=O)(=O)C1. The maximum atomic E-state index is 12.6. The minimum Gasteiger partial charge on any atom is -0.341 e. The van der Waals surface area contributed by atoms with Gasteiger partial charge in [0.2, 0.25) is 0 Å². The molecule has 3 heterocycles. The first kappa shape index (κ1) is 17.0. The second-order valence-corrected chi connectivity index (χ2v) is 9.27. The lowest BCUT2D eigenvalue weighted by molar-refractivity contribution is 0.0960. The highest BCUT2D eigenvalue weighted by Gasteiger charge is 2.33. The third kappa shape index (κ3) is 2.97. The van der Waals surface area contributed by atoms with E-state index in [0.717, 1.165) is 18.5 Å². The molecule has 2 fully saturated rings. The Morgan fingerprint density at radius 3 is 2.81 bits per heavy atom. The number of aromatic nitrogens is 3. The Bertz CT molecular complexity index is 1040. The van der Waals surface area contributed by atoms with Crippen LogP contribution >= 0.6 is 0 Å². The summed E-state index contributed by atoms with van der Waals surface area (Å²) in [5.41, 5.74) is 2.65. The van der Waals surface area contributed by atoms with Crippen LogP contribution < -0.4 is 5.32 Å². The number of hydrogen-bond donors (Lipinski definition) is 1. The number of amides is 1. The molecule has 4 rings (SSSR count). The molecule has 2 aromatic heterocycles. The molecule has 136 valence electrons. The van der Waals surface area contributed by atoms with Gasteiger partial charge in [0.1, 0.15) is 0 Å². The lowest BCUT2D eigenvalue weighted by atomic mass is 10.1. The van der Waals surface area contributed by atoms with Crippen LogP contribution in [-0.2, 0) is 9.84 Å². The van der Waals surface area contributed by atoms with Gasteiger partial charge in [-0.1, -0.05) is 5.92 Å². The largest absolute Gasteiger partial charge is 0.341 e. The lowest BCUT2D eigenvalue weighted by Crippen LogP contribution is -2.24. The Morgan fingerprint density at radius 1 is 1.42 bits per heavy atom. The summed E-state index contributed by atoms with van der Waals surface area (Å²) in [4.78, 5) is 17.4. The van der Waals surface area contributed by atoms with Gasteiger partial charge in [-0.3, -0.25) is 4.79 Å². The monoisotopic (exact) mass is 372 g/mol. The predicted octanol–water partition coefficient (Wildman–Crippen LogP) is 1.34. The summed E-state index contributed by atoms with van der Waals surface area (Å²) in [6.07, 6.45) is 7.87. The van der Waals surface area contributed by atoms with Gasteiger partial charge in [-0.15, -0.1) is 6.42 Å². The first-order valence-electron chi connectivity index (χ1n) is 8.71. The van der Waals surface area contributed by atoms with Crippen molar-refractivity contribution in [3.05, 3.63) is 23.0 Å². The van der Waals surface area contributed by atoms with Crippen molar-refractivity contribution in [2.24, 2.45) is 0 Å². The average Bonchev–Trinajstić information content (AvgIpc) is 3.32. The molecular weight excluding hydrogens is 352 g/mol. The molecule has 0 aromatic carbocycles. The zero-order chi connectivity index (χ0) is 18.5. The second-order valence-electron chi connectivity index (χ2n) is 7.04. The Kier molecular flexibility index (Phi) is 3.99. The second kappa shape index (κ2) is 6.09. The first-order valence-corrected chi connectivity index (χ1v) is 10.5. The van der Waals surface area contributed by atoms with E-state index in [9.17, 15) is 13.2 Å². The van der Waals surface area contributed by atoms with Crippen LogP contribution in [0.1, 0.15) is 53.0 Å². The summed E-state index contributed by atoms with van der Waals surface area (Å²) in [6.45, 7) is 1.97. The van der Waals surface area contributed by atoms with E-state index in [0.29, 0.717) is 34.6 Å². The van der Waals surface area contributed by atoms with Gasteiger partial charge in [-0.25, -0.2) is 18.1 Å². The fourth-order valence-corrected chi connectivity index (χ4v) is 5.24. The smallest absolute Gasteiger partial charge is 0.252 e. The number of hydrogen-bond acceptors (Lipinski definition) is 5. The van der Waals surface area contributed by atoms with Crippen LogP contribution in [0.2, 0.25) is 0 Å². The number of rotatable bonds is 4. The van der Waals surface area contributed by atoms with Crippen LogP contribution in [0.25, 0.3) is 11.0 Å². The van der Waals surface area contributed by atoms with Gasteiger partial charge in [0.15, 0.2) is 15.5 Å². The van der Waals surface area contributed by atoms with Crippen LogP contribution in [0, 0.1) is 19.3 Å². The Hall–Kier alpha value is -2.40. The van der Waals surface area contributed by atoms with Crippen LogP contribution in [0.4, 0.5) is 0 Å². The topological polar surface area (TPSA) is 93.9 Å². The van der Waals surface area contributed by atoms with Crippen molar-refractivity contribution in [1.82, 2.24) is 20.1 Å². The van der Waals surface area contributed by atoms with Crippen molar-refractivity contribution in [1.29, 1.82) is 0 Å². The molecule has 26 heavy (non-hydrogen) atoms. The molecular formula is C18H20N4O3S. The normalized spacial score (nSPS) is 21.6. The molecule has 1 saturated carbocycles. The van der Waals surface area contributed by atoms with E-state index in [-0.39, 0.29) is 30.0 Å². The van der Waals surface area contributed by atoms with Crippen LogP contribution in [-0.4, -0.2) is 47.1 Å². The van der Waals surface area contributed by atoms with Gasteiger partial charge in [-0.2, -0.15) is 5.10 Å². The molecule has 1 aliphatic heterocycles. The summed E-state index contributed by atoms with van der Waals surface area (Å²) < 4.78 is 25.5. The quantitative estimate of drug-likeness (QED) is 0.818. The van der Waals surface area contributed by atoms with Crippen LogP contribution in [0.15, 0.2) is 6.07 Å². The molecule has 1 unspecified atom stereocenters. The zero-order valence-electron chi connectivity index (χ0n) is 14.5. The number of pyridine rings is 1. The average molecular weight is 372 g/mol. The molecule has 8 heteroatoms. The van der Waals surface area contributed by atoms with Crippen LogP contribution in [0.5, 0.6) is 0 Å². The van der Waals surface area contributed by atoms with E-state index in [4.69, 9.17) is 11.4 Å². The minimum atomic E-state index is -3.05. The van der Waals surface area contributed by atoms with Gasteiger partial charge >= 0.3 is 0 Å². The van der Waals surface area contributed by atoms with E-state index in [1.54, 1.807) is 4.68 Å². The van der Waals surface area contributed by atoms with E-state index in [1.165, 1.54) is 0 Å². The number of nitrogens with zero attached hydrogens (tertiary/aromatic N) is 3. The summed E-state index contributed by atoms with van der Waals surface area (Å²) in [5, 5.41) is 7.94. The van der Waals surface area contributed by atoms with Gasteiger partial charge in [-0.05, 0) is 32.3 Å². The highest BCUT2D eigenvalue weighted by atomic mass is 32.2. The van der Waals surface area contributed by atoms with Crippen molar-refractivity contribution in [3.8, 4) is 12.3 Å². The van der Waals surface area contributed by atoms with Gasteiger partial charge in [0, 0.05) is 11.6 Å². The summed E-state index contributed by atoms with van der Waals surface area (Å²) in [6, 6.07) is 1.59. The maximum absolute atomic E-state index is 12.6. The molecule has 2 aromatic rings. The maximum Gasteiger partial charge on any atom is 0.252 e. The molecule has 0 radical (unpaired) electrons. The number of carbonyl (C=O) groups excluding carboxylic acids is 1. The van der Waals surface area contributed by atoms with Gasteiger partial charge in [0.25, 0.3) is 5.91 Å². The van der Waals surface area contributed by atoms with Crippen LogP contribution in [0.3, 0.4) is 0 Å². The highest BCUT2D eigenvalue weighted by molar-refractivity contribution is 7.91. The highest BCUT2D eigenvalue weighted by Crippen LogP contribution is 2.41. The molecule has 0 bridgehead atoms. The van der Waals surface area contributed by atoms with Crippen molar-refractivity contribution >= 4 is 26.8 Å². The fraction of sp³-hybridized carbons (Fsp3) is 0.500. The van der Waals surface area contributed by atoms with E-state index in [2.05, 4.69) is 16.3 Å². The fourth-order valence-electron chi connectivity index (χ4n) is 3.55. The summed E-state index contributed by atoms with van der Waals surface area (Å²) in [5.74, 6) is 2.74. The third-order valence-electron chi connectivity index (χ3n) is 5.00. The number of nitrogens with one attached hydrogen (secondary N) is 1. The van der Waals surface area contributed by atoms with Gasteiger partial charge < -0.3 is 5.32 Å². The first-order chi connectivity index (χ1) is 12.4. The third-order valence-corrected chi connectivity index (χ3v) is 6.75. The molecule has 1 amide bonds. The molecule has 0 spiro atoms. The summed E-state index contributed by atoms with van der Waals surface area (Å²) in [7, 11) is -3.05. The lowest BCUT2D eigenvalue weighted by Gasteiger charge is -2.11. The Balaban J connectivity index is 1.86. The Labute approximate surface area is 152 Å². The van der Waals surface area contributed by atoms with Crippen molar-refractivity contribution < 1.29 is 13.2 Å². The van der Waals surface area contributed by atoms with Crippen molar-refractivity contribution in [2.45, 2.75) is 38.1 Å². The predicted molar refractivity (Wildman–Crippen MR) is 97.7 cm³/mol. The molecule has 1 atom stereocenters. The Morgan fingerprint density at radius 2 is 2.19 bits per heavy atom. The standard InChI is InChI=1S/C18H20N4O3S/c1-3-7-19-18(23)14-9-15(12-4-5-12)20-17-16(14)11(2)21-22(17)13-6-8-26(24,25)10-13/h1,9,12-13H,4-8,10H2,2H3,(H,19,23). The number of carbonyl (C=O) groups is 1. The number of terminal acetylenes is 1. The zero-order valence-corrected chi connectivity index (χ0v) is 15.3. The number of aryl methyl sites for hydroxylation is 1. The van der Waals surface area contributed by atoms with Crippen molar-refractivity contribution in [3.63, 3.8) is 0 Å². The molecule has 2 aliphatic rings. The summed E-state index contributed by atoms with van der Waals surface area (Å²) >= 11 is 0. The molecule has 1 N–H and O–H groups in total. The minimum absolute atomic E-state index is 0.0666.